The third kappa shape index (κ3) is 3.12. The highest BCUT2D eigenvalue weighted by Gasteiger charge is 2.04. The summed E-state index contributed by atoms with van der Waals surface area (Å²) in [5.74, 6) is 0. The fourth-order valence-corrected chi connectivity index (χ4v) is 2.00. The van der Waals surface area contributed by atoms with Gasteiger partial charge in [-0.2, -0.15) is 5.10 Å². The molecule has 2 aromatic rings. The zero-order valence-corrected chi connectivity index (χ0v) is 11.5. The number of hydrogen-bond acceptors (Lipinski definition) is 2. The van der Waals surface area contributed by atoms with Gasteiger partial charge >= 0.3 is 0 Å². The van der Waals surface area contributed by atoms with Crippen molar-refractivity contribution >= 4 is 11.6 Å². The fraction of sp³-hybridized carbons (Fsp3) is 0.357. The molecule has 1 N–H and O–H groups in total. The third-order valence-corrected chi connectivity index (χ3v) is 3.32. The van der Waals surface area contributed by atoms with Gasteiger partial charge in [0.15, 0.2) is 0 Å². The van der Waals surface area contributed by atoms with Crippen molar-refractivity contribution in [3.8, 4) is 0 Å². The molecular formula is C14H18ClN3. The van der Waals surface area contributed by atoms with E-state index in [0.717, 1.165) is 30.4 Å². The predicted molar refractivity (Wildman–Crippen MR) is 74.9 cm³/mol. The Hall–Kier alpha value is -1.32. The van der Waals surface area contributed by atoms with E-state index in [0.29, 0.717) is 0 Å². The summed E-state index contributed by atoms with van der Waals surface area (Å²) >= 11 is 6.00. The van der Waals surface area contributed by atoms with Gasteiger partial charge in [0, 0.05) is 6.54 Å². The average molecular weight is 264 g/mol. The van der Waals surface area contributed by atoms with Crippen LogP contribution in [0.1, 0.15) is 23.7 Å². The molecule has 0 unspecified atom stereocenters. The molecule has 96 valence electrons. The lowest BCUT2D eigenvalue weighted by Crippen LogP contribution is -2.12. The van der Waals surface area contributed by atoms with Crippen LogP contribution >= 0.6 is 11.6 Å². The molecule has 0 aliphatic heterocycles. The van der Waals surface area contributed by atoms with Crippen molar-refractivity contribution in [2.45, 2.75) is 26.9 Å². The number of nitrogens with zero attached hydrogens (tertiary/aromatic N) is 2. The van der Waals surface area contributed by atoms with Crippen LogP contribution in [0.5, 0.6) is 0 Å². The van der Waals surface area contributed by atoms with Crippen LogP contribution in [0, 0.1) is 6.92 Å². The molecule has 3 nitrogen and oxygen atoms in total. The van der Waals surface area contributed by atoms with Gasteiger partial charge in [0.25, 0.3) is 0 Å². The Balaban J connectivity index is 2.11. The second kappa shape index (κ2) is 6.03. The first kappa shape index (κ1) is 13.1. The van der Waals surface area contributed by atoms with Crippen molar-refractivity contribution in [3.63, 3.8) is 0 Å². The summed E-state index contributed by atoms with van der Waals surface area (Å²) in [4.78, 5) is 0. The molecule has 1 aromatic heterocycles. The van der Waals surface area contributed by atoms with Crippen molar-refractivity contribution in [1.29, 1.82) is 0 Å². The zero-order chi connectivity index (χ0) is 13.0. The molecule has 1 aromatic carbocycles. The minimum absolute atomic E-state index is 0.721. The van der Waals surface area contributed by atoms with Gasteiger partial charge in [-0.25, -0.2) is 0 Å². The molecule has 0 aliphatic carbocycles. The third-order valence-electron chi connectivity index (χ3n) is 2.95. The highest BCUT2D eigenvalue weighted by molar-refractivity contribution is 6.31. The monoisotopic (exact) mass is 263 g/mol. The number of aromatic nitrogens is 2. The van der Waals surface area contributed by atoms with E-state index in [2.05, 4.69) is 41.6 Å². The maximum atomic E-state index is 6.00. The molecule has 0 radical (unpaired) electrons. The van der Waals surface area contributed by atoms with Crippen LogP contribution in [0.4, 0.5) is 0 Å². The van der Waals surface area contributed by atoms with Crippen LogP contribution in [0.3, 0.4) is 0 Å². The summed E-state index contributed by atoms with van der Waals surface area (Å²) in [5, 5.41) is 8.32. The molecule has 0 saturated carbocycles. The van der Waals surface area contributed by atoms with Crippen molar-refractivity contribution in [1.82, 2.24) is 15.1 Å². The van der Waals surface area contributed by atoms with E-state index in [1.54, 1.807) is 6.20 Å². The molecule has 18 heavy (non-hydrogen) atoms. The molecular weight excluding hydrogens is 246 g/mol. The first-order valence-electron chi connectivity index (χ1n) is 6.17. The molecule has 0 fully saturated rings. The lowest BCUT2D eigenvalue weighted by atomic mass is 10.1. The van der Waals surface area contributed by atoms with Crippen LogP contribution in [0.2, 0.25) is 5.02 Å². The first-order valence-corrected chi connectivity index (χ1v) is 6.55. The Morgan fingerprint density at radius 2 is 2.11 bits per heavy atom. The standard InChI is InChI=1S/C14H18ClN3/c1-3-16-8-12-5-4-6-13(7-12)10-18-11(2)14(15)9-17-18/h4-7,9,16H,3,8,10H2,1-2H3. The van der Waals surface area contributed by atoms with Crippen LogP contribution in [-0.4, -0.2) is 16.3 Å². The maximum Gasteiger partial charge on any atom is 0.0815 e. The van der Waals surface area contributed by atoms with Gasteiger partial charge in [-0.15, -0.1) is 0 Å². The number of halogens is 1. The van der Waals surface area contributed by atoms with Crippen LogP contribution in [0.15, 0.2) is 30.5 Å². The summed E-state index contributed by atoms with van der Waals surface area (Å²) in [5.41, 5.74) is 3.55. The second-order valence-electron chi connectivity index (χ2n) is 4.34. The molecule has 0 spiro atoms. The summed E-state index contributed by atoms with van der Waals surface area (Å²) in [6.45, 7) is 6.75. The number of rotatable bonds is 5. The number of benzene rings is 1. The van der Waals surface area contributed by atoms with Gasteiger partial charge in [-0.05, 0) is 24.6 Å². The quantitative estimate of drug-likeness (QED) is 0.899. The van der Waals surface area contributed by atoms with Gasteiger partial charge in [0.2, 0.25) is 0 Å². The van der Waals surface area contributed by atoms with Crippen molar-refractivity contribution in [3.05, 3.63) is 52.3 Å². The summed E-state index contributed by atoms with van der Waals surface area (Å²) in [6, 6.07) is 8.54. The fourth-order valence-electron chi connectivity index (χ4n) is 1.86. The number of hydrogen-bond donors (Lipinski definition) is 1. The van der Waals surface area contributed by atoms with Crippen molar-refractivity contribution < 1.29 is 0 Å². The largest absolute Gasteiger partial charge is 0.313 e. The first-order chi connectivity index (χ1) is 8.70. The zero-order valence-electron chi connectivity index (χ0n) is 10.8. The van der Waals surface area contributed by atoms with Gasteiger partial charge in [-0.1, -0.05) is 42.8 Å². The van der Waals surface area contributed by atoms with E-state index in [1.165, 1.54) is 11.1 Å². The van der Waals surface area contributed by atoms with Crippen LogP contribution in [0.25, 0.3) is 0 Å². The Labute approximate surface area is 113 Å². The molecule has 0 aliphatic rings. The molecule has 0 saturated heterocycles. The van der Waals surface area contributed by atoms with E-state index in [-0.39, 0.29) is 0 Å². The van der Waals surface area contributed by atoms with E-state index in [9.17, 15) is 0 Å². The Morgan fingerprint density at radius 1 is 1.33 bits per heavy atom. The lowest BCUT2D eigenvalue weighted by Gasteiger charge is -2.07. The van der Waals surface area contributed by atoms with Crippen molar-refractivity contribution in [2.75, 3.05) is 6.54 Å². The maximum absolute atomic E-state index is 6.00. The van der Waals surface area contributed by atoms with Gasteiger partial charge in [0.05, 0.1) is 23.5 Å². The van der Waals surface area contributed by atoms with E-state index in [1.807, 2.05) is 11.6 Å². The Kier molecular flexibility index (Phi) is 4.39. The summed E-state index contributed by atoms with van der Waals surface area (Å²) in [7, 11) is 0. The van der Waals surface area contributed by atoms with Crippen LogP contribution < -0.4 is 5.32 Å². The molecule has 0 atom stereocenters. The molecule has 1 heterocycles. The molecule has 4 heteroatoms. The Bertz CT molecular complexity index is 520. The van der Waals surface area contributed by atoms with Crippen molar-refractivity contribution in [2.24, 2.45) is 0 Å². The minimum Gasteiger partial charge on any atom is -0.313 e. The number of nitrogens with one attached hydrogen (secondary N) is 1. The summed E-state index contributed by atoms with van der Waals surface area (Å²) < 4.78 is 1.93. The Morgan fingerprint density at radius 3 is 2.78 bits per heavy atom. The lowest BCUT2D eigenvalue weighted by molar-refractivity contribution is 0.663. The van der Waals surface area contributed by atoms with E-state index < -0.39 is 0 Å². The van der Waals surface area contributed by atoms with Gasteiger partial charge in [0.1, 0.15) is 0 Å². The van der Waals surface area contributed by atoms with Gasteiger partial charge < -0.3 is 5.32 Å². The SMILES string of the molecule is CCNCc1cccc(Cn2ncc(Cl)c2C)c1. The van der Waals surface area contributed by atoms with Gasteiger partial charge in [-0.3, -0.25) is 4.68 Å². The topological polar surface area (TPSA) is 29.9 Å². The minimum atomic E-state index is 0.721. The normalized spacial score (nSPS) is 10.8. The van der Waals surface area contributed by atoms with Crippen LogP contribution in [-0.2, 0) is 13.1 Å². The average Bonchev–Trinajstić information content (AvgIpc) is 2.69. The second-order valence-corrected chi connectivity index (χ2v) is 4.74. The summed E-state index contributed by atoms with van der Waals surface area (Å²) in [6.07, 6.45) is 1.69. The highest BCUT2D eigenvalue weighted by Crippen LogP contribution is 2.15. The predicted octanol–water partition coefficient (Wildman–Crippen LogP) is 3.00. The highest BCUT2D eigenvalue weighted by atomic mass is 35.5. The van der Waals surface area contributed by atoms with E-state index >= 15 is 0 Å². The van der Waals surface area contributed by atoms with E-state index in [4.69, 9.17) is 11.6 Å². The molecule has 0 amide bonds. The smallest absolute Gasteiger partial charge is 0.0815 e. The molecule has 2 rings (SSSR count). The molecule has 0 bridgehead atoms.